The number of halogens is 3. The van der Waals surface area contributed by atoms with Crippen molar-refractivity contribution in [3.05, 3.63) is 96.3 Å². The van der Waals surface area contributed by atoms with E-state index >= 15 is 0 Å². The second kappa shape index (κ2) is 10.4. The van der Waals surface area contributed by atoms with E-state index in [1.54, 1.807) is 4.57 Å². The van der Waals surface area contributed by atoms with Crippen molar-refractivity contribution in [2.75, 3.05) is 11.1 Å². The van der Waals surface area contributed by atoms with Crippen LogP contribution in [-0.2, 0) is 17.6 Å². The Bertz CT molecular complexity index is 1250. The number of alkyl halides is 3. The lowest BCUT2D eigenvalue weighted by Gasteiger charge is -2.12. The maximum absolute atomic E-state index is 12.9. The van der Waals surface area contributed by atoms with Gasteiger partial charge in [-0.3, -0.25) is 9.36 Å². The molecule has 4 rings (SSSR count). The van der Waals surface area contributed by atoms with Gasteiger partial charge in [0.25, 0.3) is 0 Å². The summed E-state index contributed by atoms with van der Waals surface area (Å²) >= 11 is 1.12. The number of para-hydroxylation sites is 2. The van der Waals surface area contributed by atoms with Gasteiger partial charge in [-0.15, -0.1) is 10.2 Å². The van der Waals surface area contributed by atoms with Crippen LogP contribution in [0, 0.1) is 0 Å². The van der Waals surface area contributed by atoms with Gasteiger partial charge in [-0.2, -0.15) is 13.2 Å². The van der Waals surface area contributed by atoms with Crippen LogP contribution in [-0.4, -0.2) is 26.4 Å². The first-order chi connectivity index (χ1) is 16.4. The Morgan fingerprint density at radius 1 is 0.941 bits per heavy atom. The highest BCUT2D eigenvalue weighted by atomic mass is 32.2. The second-order valence-corrected chi connectivity index (χ2v) is 8.03. The summed E-state index contributed by atoms with van der Waals surface area (Å²) in [6.07, 6.45) is -4.49. The monoisotopic (exact) mass is 484 g/mol. The first-order valence-corrected chi connectivity index (χ1v) is 11.2. The Morgan fingerprint density at radius 3 is 2.35 bits per heavy atom. The number of carbonyl (C=O) groups excluding carboxylic acids is 1. The van der Waals surface area contributed by atoms with E-state index in [0.717, 1.165) is 29.6 Å². The smallest absolute Gasteiger partial charge is 0.416 e. The van der Waals surface area contributed by atoms with E-state index in [1.807, 2.05) is 60.7 Å². The van der Waals surface area contributed by atoms with Crippen molar-refractivity contribution in [2.24, 2.45) is 0 Å². The van der Waals surface area contributed by atoms with Gasteiger partial charge in [-0.25, -0.2) is 0 Å². The third-order valence-corrected chi connectivity index (χ3v) is 5.56. The van der Waals surface area contributed by atoms with E-state index in [-0.39, 0.29) is 18.0 Å². The van der Waals surface area contributed by atoms with E-state index in [4.69, 9.17) is 4.74 Å². The molecule has 10 heteroatoms. The van der Waals surface area contributed by atoms with E-state index in [2.05, 4.69) is 15.5 Å². The van der Waals surface area contributed by atoms with Gasteiger partial charge >= 0.3 is 6.18 Å². The van der Waals surface area contributed by atoms with Crippen LogP contribution in [0.25, 0.3) is 5.69 Å². The third kappa shape index (κ3) is 5.96. The molecular formula is C24H19F3N4O2S. The number of nitrogens with one attached hydrogen (secondary N) is 1. The predicted octanol–water partition coefficient (Wildman–Crippen LogP) is 5.60. The van der Waals surface area contributed by atoms with Crippen molar-refractivity contribution in [3.63, 3.8) is 0 Å². The van der Waals surface area contributed by atoms with Crippen molar-refractivity contribution in [1.29, 1.82) is 0 Å². The fraction of sp³-hybridized carbons (Fsp3) is 0.125. The summed E-state index contributed by atoms with van der Waals surface area (Å²) in [5.41, 5.74) is 0.0340. The van der Waals surface area contributed by atoms with Crippen LogP contribution in [0.4, 0.5) is 18.9 Å². The molecule has 1 aromatic heterocycles. The number of hydrogen-bond donors (Lipinski definition) is 1. The van der Waals surface area contributed by atoms with Crippen molar-refractivity contribution in [1.82, 2.24) is 14.8 Å². The first-order valence-electron chi connectivity index (χ1n) is 10.2. The molecule has 1 amide bonds. The van der Waals surface area contributed by atoms with Gasteiger partial charge in [0.05, 0.1) is 11.3 Å². The minimum absolute atomic E-state index is 0.0687. The molecule has 0 saturated heterocycles. The molecule has 0 aliphatic heterocycles. The number of benzene rings is 3. The minimum atomic E-state index is -4.49. The second-order valence-electron chi connectivity index (χ2n) is 7.09. The van der Waals surface area contributed by atoms with Crippen molar-refractivity contribution >= 4 is 23.4 Å². The molecule has 4 aromatic rings. The lowest BCUT2D eigenvalue weighted by Crippen LogP contribution is -2.15. The van der Waals surface area contributed by atoms with Crippen LogP contribution < -0.4 is 10.1 Å². The van der Waals surface area contributed by atoms with Gasteiger partial charge in [0.15, 0.2) is 11.0 Å². The molecule has 0 bridgehead atoms. The summed E-state index contributed by atoms with van der Waals surface area (Å²) in [7, 11) is 0. The summed E-state index contributed by atoms with van der Waals surface area (Å²) < 4.78 is 46.3. The summed E-state index contributed by atoms with van der Waals surface area (Å²) in [6, 6.07) is 23.1. The number of rotatable bonds is 8. The topological polar surface area (TPSA) is 69.0 Å². The number of hydrogen-bond acceptors (Lipinski definition) is 5. The number of nitrogens with zero attached hydrogens (tertiary/aromatic N) is 3. The number of thioether (sulfide) groups is 1. The molecule has 0 atom stereocenters. The van der Waals surface area contributed by atoms with E-state index < -0.39 is 17.6 Å². The highest BCUT2D eigenvalue weighted by Gasteiger charge is 2.30. The van der Waals surface area contributed by atoms with Crippen LogP contribution >= 0.6 is 11.8 Å². The molecule has 0 fully saturated rings. The highest BCUT2D eigenvalue weighted by Crippen LogP contribution is 2.31. The molecule has 0 unspecified atom stereocenters. The molecule has 34 heavy (non-hydrogen) atoms. The Morgan fingerprint density at radius 2 is 1.65 bits per heavy atom. The van der Waals surface area contributed by atoms with Gasteiger partial charge in [0.1, 0.15) is 12.4 Å². The molecule has 174 valence electrons. The zero-order valence-corrected chi connectivity index (χ0v) is 18.5. The van der Waals surface area contributed by atoms with Crippen LogP contribution in [0.15, 0.2) is 90.1 Å². The lowest BCUT2D eigenvalue weighted by molar-refractivity contribution is -0.137. The summed E-state index contributed by atoms with van der Waals surface area (Å²) in [5.74, 6) is 0.686. The quantitative estimate of drug-likeness (QED) is 0.330. The average Bonchev–Trinajstić information content (AvgIpc) is 3.25. The Labute approximate surface area is 197 Å². The van der Waals surface area contributed by atoms with Gasteiger partial charge in [-0.1, -0.05) is 54.2 Å². The minimum Gasteiger partial charge on any atom is -0.486 e. The molecule has 0 saturated carbocycles. The number of carbonyl (C=O) groups is 1. The molecule has 1 N–H and O–H groups in total. The predicted molar refractivity (Wildman–Crippen MR) is 123 cm³/mol. The van der Waals surface area contributed by atoms with Crippen molar-refractivity contribution in [2.45, 2.75) is 17.9 Å². The summed E-state index contributed by atoms with van der Waals surface area (Å²) in [4.78, 5) is 12.4. The maximum atomic E-state index is 12.9. The Kier molecular flexibility index (Phi) is 7.17. The maximum Gasteiger partial charge on any atom is 0.416 e. The van der Waals surface area contributed by atoms with Crippen molar-refractivity contribution < 1.29 is 22.7 Å². The molecule has 0 spiro atoms. The molecule has 1 heterocycles. The average molecular weight is 485 g/mol. The number of amides is 1. The largest absolute Gasteiger partial charge is 0.486 e. The molecule has 0 aliphatic rings. The van der Waals surface area contributed by atoms with Crippen LogP contribution in [0.1, 0.15) is 11.4 Å². The van der Waals surface area contributed by atoms with Gasteiger partial charge in [0, 0.05) is 11.4 Å². The zero-order chi connectivity index (χ0) is 24.0. The SMILES string of the molecule is O=C(CSc1nnc(COc2ccccc2)n1-c1ccccc1)Nc1cccc(C(F)(F)F)c1. The van der Waals surface area contributed by atoms with Crippen LogP contribution in [0.5, 0.6) is 5.75 Å². The van der Waals surface area contributed by atoms with Gasteiger partial charge in [-0.05, 0) is 42.5 Å². The molecular weight excluding hydrogens is 465 g/mol. The highest BCUT2D eigenvalue weighted by molar-refractivity contribution is 7.99. The van der Waals surface area contributed by atoms with E-state index in [0.29, 0.717) is 16.7 Å². The van der Waals surface area contributed by atoms with Crippen molar-refractivity contribution in [3.8, 4) is 11.4 Å². The normalized spacial score (nSPS) is 11.3. The molecule has 3 aromatic carbocycles. The fourth-order valence-corrected chi connectivity index (χ4v) is 3.86. The van der Waals surface area contributed by atoms with E-state index in [9.17, 15) is 18.0 Å². The zero-order valence-electron chi connectivity index (χ0n) is 17.7. The lowest BCUT2D eigenvalue weighted by atomic mass is 10.2. The molecule has 0 radical (unpaired) electrons. The number of ether oxygens (including phenoxy) is 1. The molecule has 6 nitrogen and oxygen atoms in total. The number of aromatic nitrogens is 3. The Hall–Kier alpha value is -3.79. The van der Waals surface area contributed by atoms with Gasteiger partial charge in [0.2, 0.25) is 5.91 Å². The summed E-state index contributed by atoms with van der Waals surface area (Å²) in [6.45, 7) is 0.156. The van der Waals surface area contributed by atoms with Gasteiger partial charge < -0.3 is 10.1 Å². The van der Waals surface area contributed by atoms with E-state index in [1.165, 1.54) is 12.1 Å². The fourth-order valence-electron chi connectivity index (χ4n) is 3.09. The third-order valence-electron chi connectivity index (χ3n) is 4.63. The summed E-state index contributed by atoms with van der Waals surface area (Å²) in [5, 5.41) is 11.4. The van der Waals surface area contributed by atoms with Crippen LogP contribution in [0.3, 0.4) is 0 Å². The number of anilines is 1. The van der Waals surface area contributed by atoms with Crippen LogP contribution in [0.2, 0.25) is 0 Å². The molecule has 0 aliphatic carbocycles. The Balaban J connectivity index is 1.47. The first kappa shape index (κ1) is 23.4. The standard InChI is InChI=1S/C24H19F3N4O2S/c25-24(26,27)17-8-7-9-18(14-17)28-22(32)16-34-23-30-29-21(15-33-20-12-5-2-6-13-20)31(23)19-10-3-1-4-11-19/h1-14H,15-16H2,(H,28,32).